The Morgan fingerprint density at radius 1 is 1.18 bits per heavy atom. The van der Waals surface area contributed by atoms with E-state index < -0.39 is 11.6 Å². The normalized spacial score (nSPS) is 10.3. The van der Waals surface area contributed by atoms with Crippen LogP contribution < -0.4 is 11.1 Å². The molecule has 0 radical (unpaired) electrons. The Labute approximate surface area is 100 Å². The maximum absolute atomic E-state index is 13.4. The molecule has 0 aliphatic carbocycles. The average Bonchev–Trinajstić information content (AvgIpc) is 2.26. The summed E-state index contributed by atoms with van der Waals surface area (Å²) in [6, 6.07) is 1.72. The minimum absolute atomic E-state index is 0.0628. The van der Waals surface area contributed by atoms with E-state index in [4.69, 9.17) is 17.3 Å². The first-order chi connectivity index (χ1) is 8.06. The van der Waals surface area contributed by atoms with E-state index in [1.807, 2.05) is 0 Å². The van der Waals surface area contributed by atoms with Crippen molar-refractivity contribution >= 4 is 28.9 Å². The van der Waals surface area contributed by atoms with Gasteiger partial charge in [0.15, 0.2) is 5.82 Å². The first-order valence-electron chi connectivity index (χ1n) is 4.55. The van der Waals surface area contributed by atoms with Gasteiger partial charge in [0.2, 0.25) is 0 Å². The Morgan fingerprint density at radius 2 is 1.94 bits per heavy atom. The summed E-state index contributed by atoms with van der Waals surface area (Å²) in [5.74, 6) is -1.07. The van der Waals surface area contributed by atoms with Crippen LogP contribution in [0.3, 0.4) is 0 Å². The summed E-state index contributed by atoms with van der Waals surface area (Å²) in [6.45, 7) is 0. The highest BCUT2D eigenvalue weighted by molar-refractivity contribution is 6.33. The smallest absolute Gasteiger partial charge is 0.151 e. The zero-order valence-corrected chi connectivity index (χ0v) is 9.17. The molecule has 17 heavy (non-hydrogen) atoms. The Kier molecular flexibility index (Phi) is 3.06. The van der Waals surface area contributed by atoms with Crippen molar-refractivity contribution in [3.8, 4) is 0 Å². The summed E-state index contributed by atoms with van der Waals surface area (Å²) < 4.78 is 26.2. The third-order valence-corrected chi connectivity index (χ3v) is 2.23. The van der Waals surface area contributed by atoms with Gasteiger partial charge in [-0.25, -0.2) is 18.7 Å². The van der Waals surface area contributed by atoms with E-state index in [0.29, 0.717) is 0 Å². The lowest BCUT2D eigenvalue weighted by Crippen LogP contribution is -2.00. The minimum atomic E-state index is -0.811. The molecule has 0 aliphatic rings. The predicted octanol–water partition coefficient (Wildman–Crippen LogP) is 2.73. The number of nitrogens with zero attached hydrogens (tertiary/aromatic N) is 2. The Bertz CT molecular complexity index is 521. The van der Waals surface area contributed by atoms with Crippen molar-refractivity contribution in [2.75, 3.05) is 11.1 Å². The summed E-state index contributed by atoms with van der Waals surface area (Å²) in [6.07, 6.45) is 2.62. The van der Waals surface area contributed by atoms with E-state index in [2.05, 4.69) is 15.3 Å². The van der Waals surface area contributed by atoms with Crippen molar-refractivity contribution in [1.82, 2.24) is 9.97 Å². The van der Waals surface area contributed by atoms with Crippen molar-refractivity contribution < 1.29 is 8.78 Å². The van der Waals surface area contributed by atoms with Crippen molar-refractivity contribution in [3.63, 3.8) is 0 Å². The van der Waals surface area contributed by atoms with Gasteiger partial charge in [-0.3, -0.25) is 0 Å². The molecule has 0 fully saturated rings. The van der Waals surface area contributed by atoms with Crippen LogP contribution in [0.15, 0.2) is 24.5 Å². The van der Waals surface area contributed by atoms with Crippen LogP contribution in [0.4, 0.5) is 26.1 Å². The number of rotatable bonds is 2. The summed E-state index contributed by atoms with van der Waals surface area (Å²) in [5, 5.41) is 2.51. The maximum Gasteiger partial charge on any atom is 0.151 e. The molecule has 0 unspecified atom stereocenters. The highest BCUT2D eigenvalue weighted by atomic mass is 35.5. The fraction of sp³-hybridized carbons (Fsp3) is 0. The quantitative estimate of drug-likeness (QED) is 0.867. The predicted molar refractivity (Wildman–Crippen MR) is 61.1 cm³/mol. The number of nitrogens with two attached hydrogens (primary N) is 1. The van der Waals surface area contributed by atoms with Gasteiger partial charge in [-0.2, -0.15) is 0 Å². The summed E-state index contributed by atoms with van der Waals surface area (Å²) in [4.78, 5) is 7.63. The van der Waals surface area contributed by atoms with E-state index in [9.17, 15) is 8.78 Å². The zero-order valence-electron chi connectivity index (χ0n) is 8.42. The van der Waals surface area contributed by atoms with Crippen molar-refractivity contribution in [2.24, 2.45) is 0 Å². The van der Waals surface area contributed by atoms with E-state index in [1.165, 1.54) is 12.4 Å². The molecule has 2 rings (SSSR count). The Balaban J connectivity index is 2.33. The fourth-order valence-corrected chi connectivity index (χ4v) is 1.43. The number of nitrogens with one attached hydrogen (secondary N) is 1. The highest BCUT2D eigenvalue weighted by Crippen LogP contribution is 2.28. The van der Waals surface area contributed by atoms with Crippen molar-refractivity contribution in [1.29, 1.82) is 0 Å². The molecule has 1 aromatic carbocycles. The molecule has 88 valence electrons. The van der Waals surface area contributed by atoms with E-state index in [-0.39, 0.29) is 22.3 Å². The van der Waals surface area contributed by atoms with Gasteiger partial charge in [0.25, 0.3) is 0 Å². The van der Waals surface area contributed by atoms with Crippen LogP contribution in [-0.4, -0.2) is 9.97 Å². The fourth-order valence-electron chi connectivity index (χ4n) is 1.19. The summed E-state index contributed by atoms with van der Waals surface area (Å²) in [7, 11) is 0. The van der Waals surface area contributed by atoms with Crippen LogP contribution >= 0.6 is 11.6 Å². The average molecular weight is 257 g/mol. The molecule has 3 N–H and O–H groups in total. The number of halogens is 3. The van der Waals surface area contributed by atoms with Gasteiger partial charge in [0, 0.05) is 6.07 Å². The molecule has 1 heterocycles. The molecule has 0 bridgehead atoms. The lowest BCUT2D eigenvalue weighted by Gasteiger charge is -2.08. The minimum Gasteiger partial charge on any atom is -0.382 e. The summed E-state index contributed by atoms with van der Waals surface area (Å²) >= 11 is 5.70. The lowest BCUT2D eigenvalue weighted by atomic mass is 10.3. The molecule has 0 saturated heterocycles. The van der Waals surface area contributed by atoms with Crippen LogP contribution in [0.1, 0.15) is 0 Å². The standard InChI is InChI=1S/C10H7ClF2N4/c11-6-1-5(12)2-7(13)10(6)17-9-4-15-8(14)3-16-9/h1-4H,(H2,14,15)(H,16,17). The second kappa shape index (κ2) is 4.50. The number of benzene rings is 1. The molecule has 7 heteroatoms. The van der Waals surface area contributed by atoms with Crippen molar-refractivity contribution in [2.45, 2.75) is 0 Å². The van der Waals surface area contributed by atoms with Gasteiger partial charge in [-0.05, 0) is 6.07 Å². The molecule has 4 nitrogen and oxygen atoms in total. The monoisotopic (exact) mass is 256 g/mol. The Morgan fingerprint density at radius 3 is 2.53 bits per heavy atom. The maximum atomic E-state index is 13.4. The highest BCUT2D eigenvalue weighted by Gasteiger charge is 2.10. The van der Waals surface area contributed by atoms with Crippen LogP contribution in [0.25, 0.3) is 0 Å². The number of nitrogen functional groups attached to an aromatic ring is 1. The van der Waals surface area contributed by atoms with Gasteiger partial charge in [0.05, 0.1) is 23.1 Å². The molecule has 0 aliphatic heterocycles. The third-order valence-electron chi connectivity index (χ3n) is 1.93. The molecule has 2 aromatic rings. The van der Waals surface area contributed by atoms with Gasteiger partial charge < -0.3 is 11.1 Å². The van der Waals surface area contributed by atoms with Gasteiger partial charge >= 0.3 is 0 Å². The lowest BCUT2D eigenvalue weighted by molar-refractivity contribution is 0.586. The van der Waals surface area contributed by atoms with Gasteiger partial charge in [0.1, 0.15) is 17.5 Å². The van der Waals surface area contributed by atoms with Gasteiger partial charge in [-0.15, -0.1) is 0 Å². The number of hydrogen-bond donors (Lipinski definition) is 2. The van der Waals surface area contributed by atoms with E-state index in [1.54, 1.807) is 0 Å². The second-order valence-corrected chi connectivity index (χ2v) is 3.60. The number of aromatic nitrogens is 2. The topological polar surface area (TPSA) is 63.8 Å². The first kappa shape index (κ1) is 11.5. The molecular formula is C10H7ClF2N4. The summed E-state index contributed by atoms with van der Waals surface area (Å²) in [5.41, 5.74) is 5.29. The molecular weight excluding hydrogens is 250 g/mol. The Hall–Kier alpha value is -1.95. The van der Waals surface area contributed by atoms with Crippen LogP contribution in [0, 0.1) is 11.6 Å². The number of hydrogen-bond acceptors (Lipinski definition) is 4. The van der Waals surface area contributed by atoms with Crippen LogP contribution in [0.5, 0.6) is 0 Å². The first-order valence-corrected chi connectivity index (χ1v) is 4.93. The molecule has 0 amide bonds. The van der Waals surface area contributed by atoms with Crippen LogP contribution in [0.2, 0.25) is 5.02 Å². The second-order valence-electron chi connectivity index (χ2n) is 3.20. The van der Waals surface area contributed by atoms with E-state index in [0.717, 1.165) is 12.1 Å². The van der Waals surface area contributed by atoms with Crippen molar-refractivity contribution in [3.05, 3.63) is 41.2 Å². The molecule has 1 aromatic heterocycles. The van der Waals surface area contributed by atoms with E-state index >= 15 is 0 Å². The van der Waals surface area contributed by atoms with Gasteiger partial charge in [-0.1, -0.05) is 11.6 Å². The molecule has 0 atom stereocenters. The number of anilines is 3. The zero-order chi connectivity index (χ0) is 12.4. The third kappa shape index (κ3) is 2.59. The molecule has 0 spiro atoms. The molecule has 0 saturated carbocycles. The van der Waals surface area contributed by atoms with Crippen LogP contribution in [-0.2, 0) is 0 Å². The largest absolute Gasteiger partial charge is 0.382 e. The SMILES string of the molecule is Nc1cnc(Nc2c(F)cc(F)cc2Cl)cn1.